The number of para-hydroxylation sites is 2. The summed E-state index contributed by atoms with van der Waals surface area (Å²) < 4.78 is 16.2. The summed E-state index contributed by atoms with van der Waals surface area (Å²) in [5, 5.41) is 0. The Morgan fingerprint density at radius 1 is 0.900 bits per heavy atom. The molecule has 0 spiro atoms. The van der Waals surface area contributed by atoms with Crippen LogP contribution in [0.3, 0.4) is 0 Å². The smallest absolute Gasteiger partial charge is 0.378 e. The zero-order valence-electron chi connectivity index (χ0n) is 10.8. The minimum atomic E-state index is -0.571. The van der Waals surface area contributed by atoms with Crippen molar-refractivity contribution in [3.8, 4) is 11.5 Å². The third kappa shape index (κ3) is 2.12. The first-order chi connectivity index (χ1) is 9.79. The van der Waals surface area contributed by atoms with Crippen LogP contribution in [0.15, 0.2) is 60.4 Å². The standard InChI is InChI=1S/C16H12O4/c1-18-16(17)15-14(11-7-3-2-4-8-11)19-12-9-5-6-10-13(12)20-15/h2-10H,1H3. The molecule has 1 aliphatic rings. The molecule has 20 heavy (non-hydrogen) atoms. The lowest BCUT2D eigenvalue weighted by atomic mass is 10.1. The van der Waals surface area contributed by atoms with E-state index in [-0.39, 0.29) is 5.76 Å². The van der Waals surface area contributed by atoms with Crippen molar-refractivity contribution in [3.63, 3.8) is 0 Å². The molecule has 0 saturated carbocycles. The van der Waals surface area contributed by atoms with Gasteiger partial charge in [0.25, 0.3) is 5.76 Å². The zero-order valence-corrected chi connectivity index (χ0v) is 10.8. The summed E-state index contributed by atoms with van der Waals surface area (Å²) in [5.41, 5.74) is 0.752. The van der Waals surface area contributed by atoms with Crippen molar-refractivity contribution in [3.05, 3.63) is 65.9 Å². The van der Waals surface area contributed by atoms with Crippen molar-refractivity contribution in [1.29, 1.82) is 0 Å². The highest BCUT2D eigenvalue weighted by Gasteiger charge is 2.28. The molecule has 0 aliphatic carbocycles. The number of hydrogen-bond acceptors (Lipinski definition) is 4. The molecule has 4 heteroatoms. The number of rotatable bonds is 2. The second kappa shape index (κ2) is 5.09. The maximum atomic E-state index is 11.9. The predicted molar refractivity (Wildman–Crippen MR) is 73.1 cm³/mol. The normalized spacial score (nSPS) is 13.1. The average molecular weight is 268 g/mol. The van der Waals surface area contributed by atoms with Crippen molar-refractivity contribution in [2.45, 2.75) is 0 Å². The molecular formula is C16H12O4. The van der Waals surface area contributed by atoms with Gasteiger partial charge in [-0.25, -0.2) is 4.79 Å². The van der Waals surface area contributed by atoms with Crippen LogP contribution >= 0.6 is 0 Å². The van der Waals surface area contributed by atoms with Crippen molar-refractivity contribution >= 4 is 11.7 Å². The summed E-state index contributed by atoms with van der Waals surface area (Å²) in [4.78, 5) is 11.9. The lowest BCUT2D eigenvalue weighted by Crippen LogP contribution is -2.19. The molecule has 1 heterocycles. The number of carbonyl (C=O) groups excluding carboxylic acids is 1. The Hall–Kier alpha value is -2.75. The largest absolute Gasteiger partial charge is 0.463 e. The molecule has 0 atom stereocenters. The van der Waals surface area contributed by atoms with Crippen LogP contribution in [0.5, 0.6) is 11.5 Å². The van der Waals surface area contributed by atoms with E-state index in [1.54, 1.807) is 12.1 Å². The van der Waals surface area contributed by atoms with Crippen molar-refractivity contribution in [2.75, 3.05) is 7.11 Å². The second-order valence-corrected chi connectivity index (χ2v) is 4.17. The topological polar surface area (TPSA) is 44.8 Å². The molecular weight excluding hydrogens is 256 g/mol. The number of ether oxygens (including phenoxy) is 3. The number of hydrogen-bond donors (Lipinski definition) is 0. The van der Waals surface area contributed by atoms with Gasteiger partial charge < -0.3 is 14.2 Å². The van der Waals surface area contributed by atoms with E-state index in [1.807, 2.05) is 42.5 Å². The van der Waals surface area contributed by atoms with Gasteiger partial charge in [-0.1, -0.05) is 42.5 Å². The number of carbonyl (C=O) groups is 1. The molecule has 2 aromatic rings. The highest BCUT2D eigenvalue weighted by Crippen LogP contribution is 2.38. The maximum absolute atomic E-state index is 11.9. The Morgan fingerprint density at radius 3 is 2.15 bits per heavy atom. The first-order valence-electron chi connectivity index (χ1n) is 6.12. The molecule has 0 saturated heterocycles. The summed E-state index contributed by atoms with van der Waals surface area (Å²) in [6.07, 6.45) is 0. The van der Waals surface area contributed by atoms with Crippen molar-refractivity contribution < 1.29 is 19.0 Å². The first kappa shape index (κ1) is 12.3. The molecule has 0 bridgehead atoms. The van der Waals surface area contributed by atoms with Crippen molar-refractivity contribution in [1.82, 2.24) is 0 Å². The van der Waals surface area contributed by atoms with Crippen LogP contribution in [0.25, 0.3) is 5.76 Å². The van der Waals surface area contributed by atoms with E-state index in [1.165, 1.54) is 7.11 Å². The molecule has 4 nitrogen and oxygen atoms in total. The van der Waals surface area contributed by atoms with E-state index in [0.717, 1.165) is 5.56 Å². The van der Waals surface area contributed by atoms with E-state index >= 15 is 0 Å². The van der Waals surface area contributed by atoms with Crippen LogP contribution in [-0.4, -0.2) is 13.1 Å². The summed E-state index contributed by atoms with van der Waals surface area (Å²) in [5.74, 6) is 0.901. The van der Waals surface area contributed by atoms with Crippen LogP contribution in [0.2, 0.25) is 0 Å². The van der Waals surface area contributed by atoms with E-state index in [0.29, 0.717) is 17.3 Å². The Bertz CT molecular complexity index is 674. The number of esters is 1. The van der Waals surface area contributed by atoms with Gasteiger partial charge in [0.15, 0.2) is 17.3 Å². The van der Waals surface area contributed by atoms with Gasteiger partial charge in [-0.15, -0.1) is 0 Å². The fourth-order valence-corrected chi connectivity index (χ4v) is 1.94. The average Bonchev–Trinajstić information content (AvgIpc) is 2.53. The van der Waals surface area contributed by atoms with Gasteiger partial charge in [0.05, 0.1) is 7.11 Å². The molecule has 0 unspecified atom stereocenters. The quantitative estimate of drug-likeness (QED) is 0.785. The van der Waals surface area contributed by atoms with Gasteiger partial charge >= 0.3 is 5.97 Å². The maximum Gasteiger partial charge on any atom is 0.378 e. The lowest BCUT2D eigenvalue weighted by Gasteiger charge is -2.22. The fraction of sp³-hybridized carbons (Fsp3) is 0.0625. The summed E-state index contributed by atoms with van der Waals surface area (Å²) in [6.45, 7) is 0. The molecule has 0 amide bonds. The van der Waals surface area contributed by atoms with Crippen LogP contribution < -0.4 is 9.47 Å². The SMILES string of the molecule is COC(=O)C1=C(c2ccccc2)Oc2ccccc2O1. The zero-order chi connectivity index (χ0) is 13.9. The van der Waals surface area contributed by atoms with Crippen LogP contribution in [0.1, 0.15) is 5.56 Å². The third-order valence-corrected chi connectivity index (χ3v) is 2.89. The highest BCUT2D eigenvalue weighted by atomic mass is 16.6. The van der Waals surface area contributed by atoms with E-state index in [2.05, 4.69) is 0 Å². The predicted octanol–water partition coefficient (Wildman–Crippen LogP) is 3.00. The van der Waals surface area contributed by atoms with Gasteiger partial charge in [0.1, 0.15) is 0 Å². The first-order valence-corrected chi connectivity index (χ1v) is 6.12. The number of benzene rings is 2. The second-order valence-electron chi connectivity index (χ2n) is 4.17. The van der Waals surface area contributed by atoms with Crippen LogP contribution in [-0.2, 0) is 9.53 Å². The van der Waals surface area contributed by atoms with E-state index < -0.39 is 5.97 Å². The van der Waals surface area contributed by atoms with Crippen LogP contribution in [0, 0.1) is 0 Å². The lowest BCUT2D eigenvalue weighted by molar-refractivity contribution is -0.138. The molecule has 0 fully saturated rings. The molecule has 0 N–H and O–H groups in total. The van der Waals surface area contributed by atoms with Gasteiger partial charge in [-0.2, -0.15) is 0 Å². The molecule has 0 aromatic heterocycles. The Kier molecular flexibility index (Phi) is 3.13. The summed E-state index contributed by atoms with van der Waals surface area (Å²) in [7, 11) is 1.31. The minimum absolute atomic E-state index is 0.0531. The minimum Gasteiger partial charge on any atom is -0.463 e. The summed E-state index contributed by atoms with van der Waals surface area (Å²) >= 11 is 0. The molecule has 1 aliphatic heterocycles. The Balaban J connectivity index is 2.11. The molecule has 2 aromatic carbocycles. The Morgan fingerprint density at radius 2 is 1.50 bits per heavy atom. The van der Waals surface area contributed by atoms with Crippen LogP contribution in [0.4, 0.5) is 0 Å². The van der Waals surface area contributed by atoms with Gasteiger partial charge in [-0.05, 0) is 12.1 Å². The van der Waals surface area contributed by atoms with Gasteiger partial charge in [-0.3, -0.25) is 0 Å². The fourth-order valence-electron chi connectivity index (χ4n) is 1.94. The van der Waals surface area contributed by atoms with Gasteiger partial charge in [0.2, 0.25) is 0 Å². The van der Waals surface area contributed by atoms with Crippen molar-refractivity contribution in [2.24, 2.45) is 0 Å². The van der Waals surface area contributed by atoms with E-state index in [4.69, 9.17) is 14.2 Å². The molecule has 0 radical (unpaired) electrons. The highest BCUT2D eigenvalue weighted by molar-refractivity contribution is 5.95. The number of fused-ring (bicyclic) bond motifs is 1. The van der Waals surface area contributed by atoms with E-state index in [9.17, 15) is 4.79 Å². The third-order valence-electron chi connectivity index (χ3n) is 2.89. The monoisotopic (exact) mass is 268 g/mol. The number of methoxy groups -OCH3 is 1. The Labute approximate surface area is 116 Å². The molecule has 3 rings (SSSR count). The summed E-state index contributed by atoms with van der Waals surface area (Å²) in [6, 6.07) is 16.5. The van der Waals surface area contributed by atoms with Gasteiger partial charge in [0, 0.05) is 5.56 Å². The molecule has 100 valence electrons.